The summed E-state index contributed by atoms with van der Waals surface area (Å²) in [5, 5.41) is 6.46. The van der Waals surface area contributed by atoms with Gasteiger partial charge in [0.2, 0.25) is 0 Å². The Morgan fingerprint density at radius 3 is 2.65 bits per heavy atom. The zero-order chi connectivity index (χ0) is 22.8. The zero-order valence-electron chi connectivity index (χ0n) is 20.2. The maximum Gasteiger partial charge on any atom is 0.338 e. The molecule has 1 atom stereocenters. The first kappa shape index (κ1) is 24.8. The smallest absolute Gasteiger partial charge is 0.338 e. The van der Waals surface area contributed by atoms with Gasteiger partial charge in [0.15, 0.2) is 0 Å². The first-order chi connectivity index (χ1) is 14.8. The molecular weight excluding hydrogens is 390 g/mol. The second kappa shape index (κ2) is 12.4. The molecule has 7 heteroatoms. The van der Waals surface area contributed by atoms with Crippen LogP contribution in [0.2, 0.25) is 0 Å². The number of hydrazine groups is 1. The van der Waals surface area contributed by atoms with Gasteiger partial charge in [0.1, 0.15) is 17.3 Å². The van der Waals surface area contributed by atoms with Gasteiger partial charge in [-0.3, -0.25) is 21.2 Å². The maximum atomic E-state index is 12.7. The van der Waals surface area contributed by atoms with Crippen LogP contribution in [0.5, 0.6) is 0 Å². The van der Waals surface area contributed by atoms with Crippen LogP contribution in [-0.4, -0.2) is 30.9 Å². The van der Waals surface area contributed by atoms with Crippen LogP contribution in [0.1, 0.15) is 86.5 Å². The van der Waals surface area contributed by atoms with Gasteiger partial charge in [-0.15, -0.1) is 0 Å². The Labute approximate surface area is 187 Å². The SMILES string of the molecule is CC/C(C)=C1\CCC\C1=C(/NC(=O)NNC1=C(C)OCCCC(CC)N=C1)NC(C)C. The molecule has 2 amide bonds. The predicted molar refractivity (Wildman–Crippen MR) is 127 cm³/mol. The fourth-order valence-electron chi connectivity index (χ4n) is 3.86. The highest BCUT2D eigenvalue weighted by Crippen LogP contribution is 2.34. The summed E-state index contributed by atoms with van der Waals surface area (Å²) in [6.45, 7) is 13.2. The Kier molecular flexibility index (Phi) is 9.95. The van der Waals surface area contributed by atoms with Crippen molar-refractivity contribution in [1.29, 1.82) is 0 Å². The van der Waals surface area contributed by atoms with Gasteiger partial charge in [-0.05, 0) is 83.8 Å². The topological polar surface area (TPSA) is 86.8 Å². The minimum Gasteiger partial charge on any atom is -0.496 e. The molecule has 1 aliphatic heterocycles. The Morgan fingerprint density at radius 1 is 1.23 bits per heavy atom. The monoisotopic (exact) mass is 431 g/mol. The molecule has 2 rings (SSSR count). The van der Waals surface area contributed by atoms with Gasteiger partial charge in [0.25, 0.3) is 0 Å². The molecule has 1 heterocycles. The van der Waals surface area contributed by atoms with E-state index in [2.05, 4.69) is 61.1 Å². The number of nitrogens with zero attached hydrogens (tertiary/aromatic N) is 1. The Bertz CT molecular complexity index is 749. The molecule has 174 valence electrons. The van der Waals surface area contributed by atoms with E-state index in [9.17, 15) is 4.79 Å². The van der Waals surface area contributed by atoms with Crippen LogP contribution >= 0.6 is 0 Å². The second-order valence-electron chi connectivity index (χ2n) is 8.62. The number of carbonyl (C=O) groups is 1. The third-order valence-corrected chi connectivity index (χ3v) is 5.81. The van der Waals surface area contributed by atoms with Crippen LogP contribution < -0.4 is 21.5 Å². The number of aliphatic imine (C=N–C) groups is 1. The van der Waals surface area contributed by atoms with Gasteiger partial charge < -0.3 is 10.1 Å². The van der Waals surface area contributed by atoms with E-state index in [1.54, 1.807) is 6.21 Å². The highest BCUT2D eigenvalue weighted by atomic mass is 16.5. The summed E-state index contributed by atoms with van der Waals surface area (Å²) in [5.74, 6) is 1.52. The third kappa shape index (κ3) is 7.64. The molecule has 0 spiro atoms. The summed E-state index contributed by atoms with van der Waals surface area (Å²) in [7, 11) is 0. The lowest BCUT2D eigenvalue weighted by molar-refractivity contribution is 0.202. The average Bonchev–Trinajstić information content (AvgIpc) is 3.25. The standard InChI is InChI=1S/C24H41N5O2/c1-7-17(5)20-12-9-13-21(20)23(26-16(3)4)27-24(30)29-28-22-15-25-19(8-2)11-10-14-31-18(22)6/h15-16,19,26,28H,7-14H2,1-6H3,(H2,27,29,30)/b20-17+,22-18?,23-21+,25-15?. The molecule has 31 heavy (non-hydrogen) atoms. The van der Waals surface area contributed by atoms with Crippen molar-refractivity contribution >= 4 is 12.2 Å². The lowest BCUT2D eigenvalue weighted by atomic mass is 10.0. The van der Waals surface area contributed by atoms with Gasteiger partial charge in [-0.1, -0.05) is 19.4 Å². The number of amides is 2. The Hall–Kier alpha value is -2.44. The molecule has 1 fully saturated rings. The molecule has 0 bridgehead atoms. The Balaban J connectivity index is 2.13. The van der Waals surface area contributed by atoms with Crippen molar-refractivity contribution in [3.63, 3.8) is 0 Å². The zero-order valence-corrected chi connectivity index (χ0v) is 20.2. The summed E-state index contributed by atoms with van der Waals surface area (Å²) in [6, 6.07) is 0.170. The van der Waals surface area contributed by atoms with Crippen LogP contribution in [0.3, 0.4) is 0 Å². The fraction of sp³-hybridized carbons (Fsp3) is 0.667. The quantitative estimate of drug-likeness (QED) is 0.436. The molecule has 7 nitrogen and oxygen atoms in total. The number of nitrogens with one attached hydrogen (secondary N) is 4. The van der Waals surface area contributed by atoms with E-state index in [-0.39, 0.29) is 18.1 Å². The first-order valence-corrected chi connectivity index (χ1v) is 11.7. The number of urea groups is 1. The molecule has 1 saturated carbocycles. The highest BCUT2D eigenvalue weighted by Gasteiger charge is 2.22. The summed E-state index contributed by atoms with van der Waals surface area (Å²) in [5.41, 5.74) is 10.4. The molecular formula is C24H41N5O2. The second-order valence-corrected chi connectivity index (χ2v) is 8.62. The van der Waals surface area contributed by atoms with Gasteiger partial charge in [0.05, 0.1) is 6.61 Å². The van der Waals surface area contributed by atoms with E-state index >= 15 is 0 Å². The molecule has 1 unspecified atom stereocenters. The van der Waals surface area contributed by atoms with Crippen LogP contribution in [0, 0.1) is 0 Å². The van der Waals surface area contributed by atoms with Gasteiger partial charge in [-0.25, -0.2) is 4.79 Å². The highest BCUT2D eigenvalue weighted by molar-refractivity contribution is 5.81. The maximum absolute atomic E-state index is 12.7. The Morgan fingerprint density at radius 2 is 1.97 bits per heavy atom. The normalized spacial score (nSPS) is 22.9. The van der Waals surface area contributed by atoms with Crippen molar-refractivity contribution in [2.24, 2.45) is 4.99 Å². The fourth-order valence-corrected chi connectivity index (χ4v) is 3.86. The first-order valence-electron chi connectivity index (χ1n) is 11.7. The van der Waals surface area contributed by atoms with Crippen LogP contribution in [0.4, 0.5) is 4.79 Å². The van der Waals surface area contributed by atoms with Crippen LogP contribution in [0.25, 0.3) is 0 Å². The summed E-state index contributed by atoms with van der Waals surface area (Å²) < 4.78 is 5.79. The van der Waals surface area contributed by atoms with E-state index in [1.807, 2.05) is 6.92 Å². The van der Waals surface area contributed by atoms with E-state index in [1.165, 1.54) is 16.7 Å². The summed E-state index contributed by atoms with van der Waals surface area (Å²) >= 11 is 0. The van der Waals surface area contributed by atoms with Crippen molar-refractivity contribution in [3.8, 4) is 0 Å². The van der Waals surface area contributed by atoms with Crippen molar-refractivity contribution in [2.45, 2.75) is 98.6 Å². The molecule has 4 N–H and O–H groups in total. The third-order valence-electron chi connectivity index (χ3n) is 5.81. The number of allylic oxidation sites excluding steroid dienone is 5. The minimum atomic E-state index is -0.323. The molecule has 1 aliphatic carbocycles. The predicted octanol–water partition coefficient (Wildman–Crippen LogP) is 4.80. The number of ether oxygens (including phenoxy) is 1. The molecule has 0 aromatic carbocycles. The molecule has 2 aliphatic rings. The molecule has 0 aromatic heterocycles. The van der Waals surface area contributed by atoms with Crippen molar-refractivity contribution in [3.05, 3.63) is 34.0 Å². The van der Waals surface area contributed by atoms with Crippen LogP contribution in [-0.2, 0) is 4.74 Å². The summed E-state index contributed by atoms with van der Waals surface area (Å²) in [6.07, 6.45) is 8.91. The number of rotatable bonds is 7. The van der Waals surface area contributed by atoms with Gasteiger partial charge in [-0.2, -0.15) is 0 Å². The largest absolute Gasteiger partial charge is 0.496 e. The average molecular weight is 432 g/mol. The van der Waals surface area contributed by atoms with E-state index in [4.69, 9.17) is 4.74 Å². The van der Waals surface area contributed by atoms with Crippen molar-refractivity contribution < 1.29 is 9.53 Å². The van der Waals surface area contributed by atoms with Crippen molar-refractivity contribution in [2.75, 3.05) is 6.61 Å². The van der Waals surface area contributed by atoms with E-state index < -0.39 is 0 Å². The lowest BCUT2D eigenvalue weighted by Crippen LogP contribution is -2.47. The number of hydrogen-bond donors (Lipinski definition) is 4. The lowest BCUT2D eigenvalue weighted by Gasteiger charge is -2.21. The summed E-state index contributed by atoms with van der Waals surface area (Å²) in [4.78, 5) is 17.4. The molecule has 0 saturated heterocycles. The van der Waals surface area contributed by atoms with E-state index in [0.717, 1.165) is 56.5 Å². The molecule has 0 radical (unpaired) electrons. The van der Waals surface area contributed by atoms with Gasteiger partial charge in [0, 0.05) is 18.3 Å². The van der Waals surface area contributed by atoms with Crippen LogP contribution in [0.15, 0.2) is 39.0 Å². The number of hydrogen-bond acceptors (Lipinski definition) is 5. The van der Waals surface area contributed by atoms with Gasteiger partial charge >= 0.3 is 6.03 Å². The number of carbonyl (C=O) groups excluding carboxylic acids is 1. The molecule has 0 aromatic rings. The van der Waals surface area contributed by atoms with E-state index in [0.29, 0.717) is 12.3 Å². The van der Waals surface area contributed by atoms with Crippen molar-refractivity contribution in [1.82, 2.24) is 21.5 Å². The minimum absolute atomic E-state index is 0.213.